The van der Waals surface area contributed by atoms with E-state index in [1.807, 2.05) is 36.4 Å². The maximum absolute atomic E-state index is 5.95. The SMILES string of the molecule is COc1ccc(Br)c(COc2ccc(Br)cc2CCN)c1. The van der Waals surface area contributed by atoms with Gasteiger partial charge < -0.3 is 15.2 Å². The second kappa shape index (κ2) is 7.82. The predicted octanol–water partition coefficient (Wildman–Crippen LogP) is 4.30. The van der Waals surface area contributed by atoms with Crippen LogP contribution in [0.1, 0.15) is 11.1 Å². The maximum Gasteiger partial charge on any atom is 0.123 e. The van der Waals surface area contributed by atoms with Gasteiger partial charge in [0.25, 0.3) is 0 Å². The van der Waals surface area contributed by atoms with Crippen LogP contribution in [-0.4, -0.2) is 13.7 Å². The molecule has 0 spiro atoms. The molecule has 0 unspecified atom stereocenters. The summed E-state index contributed by atoms with van der Waals surface area (Å²) in [6.07, 6.45) is 0.786. The van der Waals surface area contributed by atoms with Gasteiger partial charge in [0.15, 0.2) is 0 Å². The maximum atomic E-state index is 5.95. The topological polar surface area (TPSA) is 44.5 Å². The highest BCUT2D eigenvalue weighted by molar-refractivity contribution is 9.10. The van der Waals surface area contributed by atoms with Crippen molar-refractivity contribution >= 4 is 31.9 Å². The van der Waals surface area contributed by atoms with E-state index < -0.39 is 0 Å². The van der Waals surface area contributed by atoms with Crippen LogP contribution in [0.4, 0.5) is 0 Å². The van der Waals surface area contributed by atoms with E-state index in [4.69, 9.17) is 15.2 Å². The molecule has 0 aliphatic rings. The van der Waals surface area contributed by atoms with Crippen molar-refractivity contribution in [1.82, 2.24) is 0 Å². The number of halogens is 2. The molecule has 0 aliphatic carbocycles. The van der Waals surface area contributed by atoms with Gasteiger partial charge in [-0.3, -0.25) is 0 Å². The molecule has 2 aromatic carbocycles. The Morgan fingerprint density at radius 1 is 1.05 bits per heavy atom. The van der Waals surface area contributed by atoms with Crippen LogP contribution in [0, 0.1) is 0 Å². The lowest BCUT2D eigenvalue weighted by molar-refractivity contribution is 0.301. The Hall–Kier alpha value is -1.04. The van der Waals surface area contributed by atoms with E-state index in [2.05, 4.69) is 31.9 Å². The number of nitrogens with two attached hydrogens (primary N) is 1. The molecule has 21 heavy (non-hydrogen) atoms. The van der Waals surface area contributed by atoms with Gasteiger partial charge in [-0.15, -0.1) is 0 Å². The van der Waals surface area contributed by atoms with E-state index in [1.54, 1.807) is 7.11 Å². The van der Waals surface area contributed by atoms with Crippen LogP contribution < -0.4 is 15.2 Å². The molecule has 0 amide bonds. The first-order valence-electron chi connectivity index (χ1n) is 6.57. The smallest absolute Gasteiger partial charge is 0.123 e. The highest BCUT2D eigenvalue weighted by Crippen LogP contribution is 2.27. The normalized spacial score (nSPS) is 10.5. The van der Waals surface area contributed by atoms with E-state index in [0.29, 0.717) is 13.2 Å². The third kappa shape index (κ3) is 4.46. The van der Waals surface area contributed by atoms with Crippen LogP contribution in [0.2, 0.25) is 0 Å². The van der Waals surface area contributed by atoms with Crippen molar-refractivity contribution in [3.05, 3.63) is 56.5 Å². The number of hydrogen-bond acceptors (Lipinski definition) is 3. The molecule has 0 heterocycles. The quantitative estimate of drug-likeness (QED) is 0.766. The van der Waals surface area contributed by atoms with Gasteiger partial charge in [0.2, 0.25) is 0 Å². The minimum absolute atomic E-state index is 0.469. The van der Waals surface area contributed by atoms with Crippen molar-refractivity contribution < 1.29 is 9.47 Å². The van der Waals surface area contributed by atoms with Crippen LogP contribution >= 0.6 is 31.9 Å². The zero-order valence-corrected chi connectivity index (χ0v) is 14.9. The van der Waals surface area contributed by atoms with E-state index in [9.17, 15) is 0 Å². The molecule has 112 valence electrons. The third-order valence-corrected chi connectivity index (χ3v) is 4.34. The fourth-order valence-electron chi connectivity index (χ4n) is 1.98. The van der Waals surface area contributed by atoms with Crippen LogP contribution in [0.5, 0.6) is 11.5 Å². The second-order valence-electron chi connectivity index (χ2n) is 4.54. The van der Waals surface area contributed by atoms with Crippen LogP contribution in [-0.2, 0) is 13.0 Å². The Morgan fingerprint density at radius 2 is 1.86 bits per heavy atom. The zero-order chi connectivity index (χ0) is 15.2. The Balaban J connectivity index is 2.16. The molecule has 0 saturated heterocycles. The molecule has 0 atom stereocenters. The summed E-state index contributed by atoms with van der Waals surface area (Å²) in [4.78, 5) is 0. The lowest BCUT2D eigenvalue weighted by Crippen LogP contribution is -2.06. The van der Waals surface area contributed by atoms with Crippen molar-refractivity contribution in [1.29, 1.82) is 0 Å². The van der Waals surface area contributed by atoms with Gasteiger partial charge in [0.1, 0.15) is 18.1 Å². The summed E-state index contributed by atoms with van der Waals surface area (Å²) in [7, 11) is 1.65. The summed E-state index contributed by atoms with van der Waals surface area (Å²) < 4.78 is 13.2. The molecule has 2 N–H and O–H groups in total. The lowest BCUT2D eigenvalue weighted by atomic mass is 10.1. The number of methoxy groups -OCH3 is 1. The van der Waals surface area contributed by atoms with Gasteiger partial charge in [-0.25, -0.2) is 0 Å². The van der Waals surface area contributed by atoms with Crippen LogP contribution in [0.3, 0.4) is 0 Å². The van der Waals surface area contributed by atoms with E-state index in [-0.39, 0.29) is 0 Å². The largest absolute Gasteiger partial charge is 0.497 e. The van der Waals surface area contributed by atoms with Gasteiger partial charge in [-0.05, 0) is 54.9 Å². The monoisotopic (exact) mass is 413 g/mol. The molecule has 0 aromatic heterocycles. The summed E-state index contributed by atoms with van der Waals surface area (Å²) in [6.45, 7) is 1.06. The molecule has 0 aliphatic heterocycles. The number of benzene rings is 2. The average molecular weight is 415 g/mol. The molecule has 3 nitrogen and oxygen atoms in total. The van der Waals surface area contributed by atoms with Gasteiger partial charge in [0, 0.05) is 14.5 Å². The van der Waals surface area contributed by atoms with Crippen LogP contribution in [0.25, 0.3) is 0 Å². The van der Waals surface area contributed by atoms with Gasteiger partial charge in [0.05, 0.1) is 7.11 Å². The second-order valence-corrected chi connectivity index (χ2v) is 6.31. The number of hydrogen-bond donors (Lipinski definition) is 1. The molecule has 0 radical (unpaired) electrons. The molecule has 0 fully saturated rings. The molecular weight excluding hydrogens is 398 g/mol. The fraction of sp³-hybridized carbons (Fsp3) is 0.250. The summed E-state index contributed by atoms with van der Waals surface area (Å²) in [5, 5.41) is 0. The van der Waals surface area contributed by atoms with Crippen molar-refractivity contribution in [2.45, 2.75) is 13.0 Å². The molecule has 2 rings (SSSR count). The first-order chi connectivity index (χ1) is 10.1. The van der Waals surface area contributed by atoms with Gasteiger partial charge >= 0.3 is 0 Å². The van der Waals surface area contributed by atoms with Crippen molar-refractivity contribution in [3.63, 3.8) is 0 Å². The summed E-state index contributed by atoms with van der Waals surface area (Å²) in [6, 6.07) is 11.8. The van der Waals surface area contributed by atoms with E-state index >= 15 is 0 Å². The standard InChI is InChI=1S/C16H17Br2NO2/c1-20-14-3-4-15(18)12(9-14)10-21-16-5-2-13(17)8-11(16)6-7-19/h2-5,8-9H,6-7,10,19H2,1H3. The minimum atomic E-state index is 0.469. The van der Waals surface area contributed by atoms with E-state index in [0.717, 1.165) is 38.0 Å². The average Bonchev–Trinajstić information content (AvgIpc) is 2.48. The van der Waals surface area contributed by atoms with E-state index in [1.165, 1.54) is 0 Å². The molecule has 0 saturated carbocycles. The lowest BCUT2D eigenvalue weighted by Gasteiger charge is -2.13. The predicted molar refractivity (Wildman–Crippen MR) is 91.9 cm³/mol. The van der Waals surface area contributed by atoms with Crippen LogP contribution in [0.15, 0.2) is 45.3 Å². The summed E-state index contributed by atoms with van der Waals surface area (Å²) in [5.74, 6) is 1.67. The van der Waals surface area contributed by atoms with Crippen molar-refractivity contribution in [2.24, 2.45) is 5.73 Å². The highest BCUT2D eigenvalue weighted by atomic mass is 79.9. The molecule has 0 bridgehead atoms. The minimum Gasteiger partial charge on any atom is -0.497 e. The Kier molecular flexibility index (Phi) is 6.08. The Morgan fingerprint density at radius 3 is 2.57 bits per heavy atom. The van der Waals surface area contributed by atoms with Crippen molar-refractivity contribution in [3.8, 4) is 11.5 Å². The van der Waals surface area contributed by atoms with Gasteiger partial charge in [-0.1, -0.05) is 31.9 Å². The zero-order valence-electron chi connectivity index (χ0n) is 11.7. The summed E-state index contributed by atoms with van der Waals surface area (Å²) in [5.41, 5.74) is 7.79. The number of rotatable bonds is 6. The molecule has 5 heteroatoms. The first-order valence-corrected chi connectivity index (χ1v) is 8.16. The Bertz CT molecular complexity index is 617. The molecular formula is C16H17Br2NO2. The first kappa shape index (κ1) is 16.3. The fourth-order valence-corrected chi connectivity index (χ4v) is 2.75. The third-order valence-electron chi connectivity index (χ3n) is 3.07. The van der Waals surface area contributed by atoms with Crippen molar-refractivity contribution in [2.75, 3.05) is 13.7 Å². The summed E-state index contributed by atoms with van der Waals surface area (Å²) >= 11 is 7.00. The highest BCUT2D eigenvalue weighted by Gasteiger charge is 2.07. The molecule has 2 aromatic rings. The Labute approximate surface area is 141 Å². The van der Waals surface area contributed by atoms with Gasteiger partial charge in [-0.2, -0.15) is 0 Å². The number of ether oxygens (including phenoxy) is 2.